The Labute approximate surface area is 232 Å². The van der Waals surface area contributed by atoms with Crippen molar-refractivity contribution in [1.82, 2.24) is 10.3 Å². The number of nitrogens with one attached hydrogen (secondary N) is 3. The molecular weight excluding hydrogens is 480 g/mol. The Balaban J connectivity index is 1.07. The van der Waals surface area contributed by atoms with Crippen LogP contribution in [0.25, 0.3) is 10.9 Å². The van der Waals surface area contributed by atoms with Gasteiger partial charge in [-0.15, -0.1) is 0 Å². The Bertz CT molecular complexity index is 1440. The Morgan fingerprint density at radius 2 is 1.54 bits per heavy atom. The first kappa shape index (κ1) is 26.7. The molecule has 0 saturated heterocycles. The Morgan fingerprint density at radius 1 is 0.795 bits per heavy atom. The van der Waals surface area contributed by atoms with Gasteiger partial charge in [-0.1, -0.05) is 55.3 Å². The molecule has 0 unspecified atom stereocenters. The van der Waals surface area contributed by atoms with Gasteiger partial charge in [-0.05, 0) is 93.3 Å². The van der Waals surface area contributed by atoms with Crippen LogP contribution in [0.4, 0.5) is 17.1 Å². The number of hydrogen-bond acceptors (Lipinski definition) is 4. The molecule has 0 saturated carbocycles. The predicted molar refractivity (Wildman–Crippen MR) is 163 cm³/mol. The zero-order valence-electron chi connectivity index (χ0n) is 23.3. The second-order valence-electron chi connectivity index (χ2n) is 10.7. The highest BCUT2D eigenvalue weighted by Gasteiger charge is 2.18. The number of amides is 1. The van der Waals surface area contributed by atoms with Crippen LogP contribution in [0.2, 0.25) is 0 Å². The molecule has 202 valence electrons. The summed E-state index contributed by atoms with van der Waals surface area (Å²) in [6.07, 6.45) is 9.03. The van der Waals surface area contributed by atoms with E-state index in [1.165, 1.54) is 46.3 Å². The Kier molecular flexibility index (Phi) is 8.77. The fraction of sp³-hybridized carbons (Fsp3) is 0.353. The number of benzene rings is 3. The Morgan fingerprint density at radius 3 is 2.44 bits per heavy atom. The van der Waals surface area contributed by atoms with Gasteiger partial charge in [-0.25, -0.2) is 0 Å². The lowest BCUT2D eigenvalue weighted by molar-refractivity contribution is 0.0953. The number of anilines is 3. The van der Waals surface area contributed by atoms with Gasteiger partial charge in [0.15, 0.2) is 0 Å². The molecule has 0 spiro atoms. The molecule has 5 rings (SSSR count). The normalized spacial score (nSPS) is 12.7. The molecule has 3 N–H and O–H groups in total. The van der Waals surface area contributed by atoms with E-state index in [4.69, 9.17) is 4.98 Å². The molecule has 1 aliphatic carbocycles. The lowest BCUT2D eigenvalue weighted by atomic mass is 9.92. The third kappa shape index (κ3) is 6.42. The summed E-state index contributed by atoms with van der Waals surface area (Å²) in [4.78, 5) is 17.9. The van der Waals surface area contributed by atoms with E-state index in [0.29, 0.717) is 12.1 Å². The van der Waals surface area contributed by atoms with Crippen LogP contribution in [0.15, 0.2) is 66.7 Å². The number of carbonyl (C=O) groups excluding carboxylic acids is 1. The summed E-state index contributed by atoms with van der Waals surface area (Å²) in [5.41, 5.74) is 10.1. The van der Waals surface area contributed by atoms with E-state index >= 15 is 0 Å². The van der Waals surface area contributed by atoms with E-state index < -0.39 is 0 Å². The molecule has 4 aromatic rings. The Hall–Kier alpha value is -3.86. The predicted octanol–water partition coefficient (Wildman–Crippen LogP) is 7.88. The van der Waals surface area contributed by atoms with Crippen LogP contribution in [0.1, 0.15) is 71.3 Å². The van der Waals surface area contributed by atoms with Crippen LogP contribution in [0.5, 0.6) is 0 Å². The maximum Gasteiger partial charge on any atom is 0.253 e. The van der Waals surface area contributed by atoms with E-state index in [2.05, 4.69) is 66.2 Å². The topological polar surface area (TPSA) is 66.1 Å². The molecule has 1 amide bonds. The van der Waals surface area contributed by atoms with Crippen LogP contribution in [-0.4, -0.2) is 24.0 Å². The SMILES string of the molecule is Cc1cccc(Nc2ccccc2C(=O)NCCCCCCNc2c3c(nc4ccccc24)CCCC3)c1C. The third-order valence-corrected chi connectivity index (χ3v) is 7.91. The van der Waals surface area contributed by atoms with Crippen LogP contribution in [0.3, 0.4) is 0 Å². The van der Waals surface area contributed by atoms with Crippen molar-refractivity contribution in [3.8, 4) is 0 Å². The largest absolute Gasteiger partial charge is 0.384 e. The van der Waals surface area contributed by atoms with Crippen molar-refractivity contribution in [2.24, 2.45) is 0 Å². The van der Waals surface area contributed by atoms with Crippen molar-refractivity contribution in [1.29, 1.82) is 0 Å². The summed E-state index contributed by atoms with van der Waals surface area (Å²) in [6, 6.07) is 22.4. The van der Waals surface area contributed by atoms with Gasteiger partial charge in [0.2, 0.25) is 0 Å². The summed E-state index contributed by atoms with van der Waals surface area (Å²) in [5.74, 6) is -0.0283. The molecular formula is C34H40N4O. The fourth-order valence-electron chi connectivity index (χ4n) is 5.51. The summed E-state index contributed by atoms with van der Waals surface area (Å²) < 4.78 is 0. The minimum absolute atomic E-state index is 0.0283. The highest BCUT2D eigenvalue weighted by Crippen LogP contribution is 2.33. The average molecular weight is 521 g/mol. The number of pyridine rings is 1. The maximum atomic E-state index is 13.0. The number of hydrogen-bond donors (Lipinski definition) is 3. The molecule has 1 aromatic heterocycles. The lowest BCUT2D eigenvalue weighted by Crippen LogP contribution is -2.25. The van der Waals surface area contributed by atoms with Crippen LogP contribution in [0, 0.1) is 13.8 Å². The minimum Gasteiger partial charge on any atom is -0.384 e. The number of aryl methyl sites for hydroxylation is 2. The van der Waals surface area contributed by atoms with Crippen molar-refractivity contribution in [2.75, 3.05) is 23.7 Å². The van der Waals surface area contributed by atoms with Gasteiger partial charge in [-0.3, -0.25) is 9.78 Å². The van der Waals surface area contributed by atoms with Crippen LogP contribution in [-0.2, 0) is 12.8 Å². The maximum absolute atomic E-state index is 13.0. The van der Waals surface area contributed by atoms with E-state index in [0.717, 1.165) is 62.0 Å². The first-order valence-corrected chi connectivity index (χ1v) is 14.5. The van der Waals surface area contributed by atoms with Crippen molar-refractivity contribution >= 4 is 33.9 Å². The molecule has 3 aromatic carbocycles. The van der Waals surface area contributed by atoms with Gasteiger partial charge >= 0.3 is 0 Å². The molecule has 0 bridgehead atoms. The van der Waals surface area contributed by atoms with E-state index in [1.54, 1.807) is 0 Å². The van der Waals surface area contributed by atoms with E-state index in [9.17, 15) is 4.79 Å². The minimum atomic E-state index is -0.0283. The van der Waals surface area contributed by atoms with Gasteiger partial charge in [0.05, 0.1) is 16.8 Å². The zero-order valence-corrected chi connectivity index (χ0v) is 23.3. The lowest BCUT2D eigenvalue weighted by Gasteiger charge is -2.21. The number of aromatic nitrogens is 1. The van der Waals surface area contributed by atoms with Crippen LogP contribution < -0.4 is 16.0 Å². The third-order valence-electron chi connectivity index (χ3n) is 7.91. The van der Waals surface area contributed by atoms with Crippen molar-refractivity contribution in [2.45, 2.75) is 65.2 Å². The average Bonchev–Trinajstić information content (AvgIpc) is 2.96. The number of carbonyl (C=O) groups is 1. The molecule has 1 aliphatic rings. The fourth-order valence-corrected chi connectivity index (χ4v) is 5.51. The molecule has 0 fully saturated rings. The van der Waals surface area contributed by atoms with Gasteiger partial charge < -0.3 is 16.0 Å². The molecule has 39 heavy (non-hydrogen) atoms. The zero-order chi connectivity index (χ0) is 27.0. The monoisotopic (exact) mass is 520 g/mol. The highest BCUT2D eigenvalue weighted by atomic mass is 16.1. The molecule has 0 atom stereocenters. The van der Waals surface area contributed by atoms with Gasteiger partial charge in [0, 0.05) is 35.5 Å². The molecule has 5 heteroatoms. The first-order chi connectivity index (χ1) is 19.1. The van der Waals surface area contributed by atoms with Gasteiger partial charge in [0.25, 0.3) is 5.91 Å². The summed E-state index contributed by atoms with van der Waals surface area (Å²) in [7, 11) is 0. The van der Waals surface area contributed by atoms with E-state index in [-0.39, 0.29) is 5.91 Å². The van der Waals surface area contributed by atoms with Gasteiger partial charge in [-0.2, -0.15) is 0 Å². The van der Waals surface area contributed by atoms with Crippen molar-refractivity contribution in [3.05, 3.63) is 94.7 Å². The number of nitrogens with zero attached hydrogens (tertiary/aromatic N) is 1. The summed E-state index contributed by atoms with van der Waals surface area (Å²) in [6.45, 7) is 5.85. The van der Waals surface area contributed by atoms with Gasteiger partial charge in [0.1, 0.15) is 0 Å². The number of fused-ring (bicyclic) bond motifs is 2. The smallest absolute Gasteiger partial charge is 0.253 e. The number of para-hydroxylation sites is 2. The number of unbranched alkanes of at least 4 members (excludes halogenated alkanes) is 3. The first-order valence-electron chi connectivity index (χ1n) is 14.5. The summed E-state index contributed by atoms with van der Waals surface area (Å²) >= 11 is 0. The second-order valence-corrected chi connectivity index (χ2v) is 10.7. The summed E-state index contributed by atoms with van der Waals surface area (Å²) in [5, 5.41) is 11.6. The second kappa shape index (κ2) is 12.8. The van der Waals surface area contributed by atoms with E-state index in [1.807, 2.05) is 30.3 Å². The highest BCUT2D eigenvalue weighted by molar-refractivity contribution is 6.00. The quantitative estimate of drug-likeness (QED) is 0.176. The molecule has 1 heterocycles. The standard InChI is InChI=1S/C34H40N4O/c1-24-14-13-21-29(25(24)2)37-32-20-10-7-17-28(32)34(39)36-23-12-4-3-11-22-35-33-26-15-5-8-18-30(26)38-31-19-9-6-16-27(31)33/h5,7-8,10,13-15,17-18,20-21,37H,3-4,6,9,11-12,16,19,22-23H2,1-2H3,(H,35,38)(H,36,39). The molecule has 0 aliphatic heterocycles. The number of rotatable bonds is 11. The molecule has 0 radical (unpaired) electrons. The van der Waals surface area contributed by atoms with Crippen molar-refractivity contribution in [3.63, 3.8) is 0 Å². The van der Waals surface area contributed by atoms with Crippen molar-refractivity contribution < 1.29 is 4.79 Å². The molecule has 5 nitrogen and oxygen atoms in total. The van der Waals surface area contributed by atoms with Crippen LogP contribution >= 0.6 is 0 Å².